The highest BCUT2D eigenvalue weighted by atomic mass is 19.1. The lowest BCUT2D eigenvalue weighted by Gasteiger charge is -2.22. The number of unbranched alkanes of at least 4 members (excludes halogenated alkanes) is 3. The van der Waals surface area contributed by atoms with Crippen molar-refractivity contribution in [2.24, 2.45) is 11.7 Å². The van der Waals surface area contributed by atoms with Gasteiger partial charge in [-0.05, 0) is 74.0 Å². The Morgan fingerprint density at radius 3 is 2.61 bits per heavy atom. The topological polar surface area (TPSA) is 146 Å². The second kappa shape index (κ2) is 14.5. The zero-order chi connectivity index (χ0) is 29.2. The van der Waals surface area contributed by atoms with Crippen molar-refractivity contribution in [3.05, 3.63) is 71.2 Å². The van der Waals surface area contributed by atoms with Crippen LogP contribution >= 0.6 is 0 Å². The zero-order valence-electron chi connectivity index (χ0n) is 23.1. The molecule has 2 aromatic carbocycles. The number of nitrogens with two attached hydrogens (primary N) is 1. The number of aldehydes is 1. The largest absolute Gasteiger partial charge is 0.356 e. The molecule has 9 nitrogen and oxygen atoms in total. The Hall–Kier alpha value is -4.05. The number of aryl methyl sites for hydroxylation is 1. The maximum atomic E-state index is 13.9. The summed E-state index contributed by atoms with van der Waals surface area (Å²) in [5.74, 6) is -2.07. The summed E-state index contributed by atoms with van der Waals surface area (Å²) in [5, 5.41) is 9.00. The molecule has 41 heavy (non-hydrogen) atoms. The molecule has 3 amide bonds. The third kappa shape index (κ3) is 8.47. The molecule has 1 fully saturated rings. The molecule has 3 atom stereocenters. The fourth-order valence-electron chi connectivity index (χ4n) is 5.23. The van der Waals surface area contributed by atoms with Crippen LogP contribution in [0.25, 0.3) is 10.9 Å². The summed E-state index contributed by atoms with van der Waals surface area (Å²) < 4.78 is 13.9. The van der Waals surface area contributed by atoms with Crippen LogP contribution in [-0.4, -0.2) is 54.2 Å². The van der Waals surface area contributed by atoms with Crippen LogP contribution in [0.4, 0.5) is 4.39 Å². The van der Waals surface area contributed by atoms with Gasteiger partial charge in [0.2, 0.25) is 11.8 Å². The molecule has 1 aliphatic rings. The fourth-order valence-corrected chi connectivity index (χ4v) is 5.23. The number of halogens is 1. The minimum absolute atomic E-state index is 0.0133. The number of amides is 3. The molecular formula is C31H38FN5O4. The number of carbonyl (C=O) groups excluding carboxylic acids is 4. The molecule has 0 saturated carbocycles. The lowest BCUT2D eigenvalue weighted by atomic mass is 9.98. The number of carbonyl (C=O) groups is 4. The Balaban J connectivity index is 1.46. The summed E-state index contributed by atoms with van der Waals surface area (Å²) >= 11 is 0. The van der Waals surface area contributed by atoms with Crippen LogP contribution < -0.4 is 21.7 Å². The maximum Gasteiger partial charge on any atom is 0.268 e. The average Bonchev–Trinajstić information content (AvgIpc) is 3.57. The SMILES string of the molecule is NCCCCCCc1ccc2cc(C(=O)N[C@@H](Cc3cccc(F)c3)C(=O)N[C@H](C=O)C[C@@H]3CCNC3=O)[nH]c2c1. The molecule has 0 radical (unpaired) electrons. The van der Waals surface area contributed by atoms with Crippen LogP contribution in [-0.2, 0) is 27.2 Å². The highest BCUT2D eigenvalue weighted by molar-refractivity contribution is 6.00. The Labute approximate surface area is 238 Å². The average molecular weight is 564 g/mol. The lowest BCUT2D eigenvalue weighted by molar-refractivity contribution is -0.127. The second-order valence-corrected chi connectivity index (χ2v) is 10.7. The molecule has 1 aromatic heterocycles. The van der Waals surface area contributed by atoms with Crippen LogP contribution in [0.5, 0.6) is 0 Å². The van der Waals surface area contributed by atoms with Gasteiger partial charge >= 0.3 is 0 Å². The van der Waals surface area contributed by atoms with Crippen molar-refractivity contribution in [3.63, 3.8) is 0 Å². The molecular weight excluding hydrogens is 525 g/mol. The molecule has 0 bridgehead atoms. The van der Waals surface area contributed by atoms with Crippen molar-refractivity contribution < 1.29 is 23.6 Å². The monoisotopic (exact) mass is 563 g/mol. The molecule has 218 valence electrons. The minimum atomic E-state index is -1.08. The number of rotatable bonds is 15. The van der Waals surface area contributed by atoms with Gasteiger partial charge in [0, 0.05) is 29.8 Å². The van der Waals surface area contributed by atoms with E-state index in [1.165, 1.54) is 23.8 Å². The van der Waals surface area contributed by atoms with E-state index in [1.807, 2.05) is 18.2 Å². The van der Waals surface area contributed by atoms with Crippen molar-refractivity contribution in [2.45, 2.75) is 63.5 Å². The molecule has 3 aromatic rings. The number of H-pyrrole nitrogens is 1. The van der Waals surface area contributed by atoms with Crippen LogP contribution in [0.2, 0.25) is 0 Å². The van der Waals surface area contributed by atoms with Crippen molar-refractivity contribution in [3.8, 4) is 0 Å². The number of aromatic nitrogens is 1. The molecule has 10 heteroatoms. The van der Waals surface area contributed by atoms with E-state index in [9.17, 15) is 23.6 Å². The summed E-state index contributed by atoms with van der Waals surface area (Å²) in [6.45, 7) is 1.24. The van der Waals surface area contributed by atoms with Gasteiger partial charge in [0.15, 0.2) is 0 Å². The number of aromatic amines is 1. The maximum absolute atomic E-state index is 13.9. The van der Waals surface area contributed by atoms with Gasteiger partial charge in [0.05, 0.1) is 6.04 Å². The van der Waals surface area contributed by atoms with E-state index in [-0.39, 0.29) is 30.4 Å². The van der Waals surface area contributed by atoms with Crippen molar-refractivity contribution in [2.75, 3.05) is 13.1 Å². The number of benzene rings is 2. The second-order valence-electron chi connectivity index (χ2n) is 10.7. The summed E-state index contributed by atoms with van der Waals surface area (Å²) in [4.78, 5) is 53.5. The van der Waals surface area contributed by atoms with E-state index >= 15 is 0 Å². The summed E-state index contributed by atoms with van der Waals surface area (Å²) in [7, 11) is 0. The van der Waals surface area contributed by atoms with Gasteiger partial charge in [-0.1, -0.05) is 37.1 Å². The Morgan fingerprint density at radius 1 is 1.05 bits per heavy atom. The van der Waals surface area contributed by atoms with E-state index in [0.717, 1.165) is 43.0 Å². The molecule has 1 saturated heterocycles. The van der Waals surface area contributed by atoms with Gasteiger partial charge in [-0.2, -0.15) is 0 Å². The predicted molar refractivity (Wildman–Crippen MR) is 155 cm³/mol. The summed E-state index contributed by atoms with van der Waals surface area (Å²) in [6.07, 6.45) is 6.59. The molecule has 2 heterocycles. The number of fused-ring (bicyclic) bond motifs is 1. The van der Waals surface area contributed by atoms with Gasteiger partial charge in [-0.25, -0.2) is 4.39 Å². The van der Waals surface area contributed by atoms with E-state index < -0.39 is 29.7 Å². The van der Waals surface area contributed by atoms with Crippen LogP contribution in [0.3, 0.4) is 0 Å². The van der Waals surface area contributed by atoms with Crippen molar-refractivity contribution >= 4 is 34.9 Å². The molecule has 0 unspecified atom stereocenters. The van der Waals surface area contributed by atoms with E-state index in [2.05, 4.69) is 20.9 Å². The Bertz CT molecular complexity index is 1370. The van der Waals surface area contributed by atoms with Crippen LogP contribution in [0, 0.1) is 11.7 Å². The lowest BCUT2D eigenvalue weighted by Crippen LogP contribution is -2.51. The molecule has 6 N–H and O–H groups in total. The first-order valence-corrected chi connectivity index (χ1v) is 14.3. The normalized spacial score (nSPS) is 16.2. The van der Waals surface area contributed by atoms with Crippen LogP contribution in [0.1, 0.15) is 60.1 Å². The molecule has 4 rings (SSSR count). The van der Waals surface area contributed by atoms with Gasteiger partial charge < -0.3 is 31.5 Å². The minimum Gasteiger partial charge on any atom is -0.356 e. The van der Waals surface area contributed by atoms with Crippen molar-refractivity contribution in [1.29, 1.82) is 0 Å². The highest BCUT2D eigenvalue weighted by Crippen LogP contribution is 2.20. The predicted octanol–water partition coefficient (Wildman–Crippen LogP) is 2.92. The highest BCUT2D eigenvalue weighted by Gasteiger charge is 2.30. The standard InChI is InChI=1S/C31H38FN5O4/c32-24-8-5-7-21(14-24)16-27(30(40)35-25(19-38)17-23-11-13-34-29(23)39)37-31(41)28-18-22-10-9-20(15-26(22)36-28)6-3-1-2-4-12-33/h5,7-10,14-15,18-19,23,25,27,36H,1-4,6,11-13,16-17,33H2,(H,34,39)(H,35,40)(H,37,41)/t23-,25-,27-/m0/s1. The summed E-state index contributed by atoms with van der Waals surface area (Å²) in [6, 6.07) is 11.6. The first-order valence-electron chi connectivity index (χ1n) is 14.3. The smallest absolute Gasteiger partial charge is 0.268 e. The van der Waals surface area contributed by atoms with Gasteiger partial charge in [0.1, 0.15) is 23.8 Å². The van der Waals surface area contributed by atoms with E-state index in [0.29, 0.717) is 31.4 Å². The molecule has 0 aliphatic carbocycles. The van der Waals surface area contributed by atoms with Gasteiger partial charge in [-0.15, -0.1) is 0 Å². The zero-order valence-corrected chi connectivity index (χ0v) is 23.1. The van der Waals surface area contributed by atoms with Crippen LogP contribution in [0.15, 0.2) is 48.5 Å². The Kier molecular flexibility index (Phi) is 10.6. The first-order chi connectivity index (χ1) is 19.9. The number of hydrogen-bond donors (Lipinski definition) is 5. The number of nitrogens with one attached hydrogen (secondary N) is 4. The fraction of sp³-hybridized carbons (Fsp3) is 0.419. The van der Waals surface area contributed by atoms with Gasteiger partial charge in [-0.3, -0.25) is 14.4 Å². The third-order valence-corrected chi connectivity index (χ3v) is 7.49. The molecule has 1 aliphatic heterocycles. The quantitative estimate of drug-likeness (QED) is 0.143. The van der Waals surface area contributed by atoms with Crippen molar-refractivity contribution in [1.82, 2.24) is 20.9 Å². The number of hydrogen-bond acceptors (Lipinski definition) is 5. The summed E-state index contributed by atoms with van der Waals surface area (Å²) in [5.41, 5.74) is 8.34. The van der Waals surface area contributed by atoms with E-state index in [4.69, 9.17) is 5.73 Å². The Morgan fingerprint density at radius 2 is 1.88 bits per heavy atom. The molecule has 0 spiro atoms. The third-order valence-electron chi connectivity index (χ3n) is 7.49. The first kappa shape index (κ1) is 29.9. The van der Waals surface area contributed by atoms with E-state index in [1.54, 1.807) is 12.1 Å². The van der Waals surface area contributed by atoms with Gasteiger partial charge in [0.25, 0.3) is 5.91 Å².